The summed E-state index contributed by atoms with van der Waals surface area (Å²) in [6, 6.07) is -2.16. The van der Waals surface area contributed by atoms with E-state index in [-0.39, 0.29) is 13.1 Å². The monoisotopic (exact) mass is 246 g/mol. The van der Waals surface area contributed by atoms with Gasteiger partial charge in [-0.05, 0) is 6.42 Å². The van der Waals surface area contributed by atoms with E-state index in [0.717, 1.165) is 0 Å². The lowest BCUT2D eigenvalue weighted by atomic mass is 10.2. The van der Waals surface area contributed by atoms with E-state index < -0.39 is 24.1 Å². The van der Waals surface area contributed by atoms with Gasteiger partial charge in [0.15, 0.2) is 0 Å². The van der Waals surface area contributed by atoms with Crippen LogP contribution in [0.4, 0.5) is 9.59 Å². The highest BCUT2D eigenvalue weighted by molar-refractivity contribution is 5.82. The molecule has 0 radical (unpaired) electrons. The second-order valence-corrected chi connectivity index (χ2v) is 3.37. The molecule has 8 nitrogen and oxygen atoms in total. The van der Waals surface area contributed by atoms with Crippen molar-refractivity contribution >= 4 is 18.0 Å². The molecule has 1 atom stereocenters. The van der Waals surface area contributed by atoms with Crippen molar-refractivity contribution < 1.29 is 19.5 Å². The molecule has 0 saturated carbocycles. The van der Waals surface area contributed by atoms with Crippen molar-refractivity contribution in [1.29, 1.82) is 0 Å². The van der Waals surface area contributed by atoms with Gasteiger partial charge in [-0.25, -0.2) is 14.4 Å². The smallest absolute Gasteiger partial charge is 0.326 e. The molecule has 8 heteroatoms. The Morgan fingerprint density at radius 3 is 2.29 bits per heavy atom. The highest BCUT2D eigenvalue weighted by atomic mass is 16.4. The van der Waals surface area contributed by atoms with Gasteiger partial charge in [0.1, 0.15) is 6.04 Å². The Hall–Kier alpha value is -1.99. The van der Waals surface area contributed by atoms with Gasteiger partial charge in [0, 0.05) is 13.1 Å². The zero-order chi connectivity index (χ0) is 13.3. The van der Waals surface area contributed by atoms with Gasteiger partial charge in [0.05, 0.1) is 0 Å². The third kappa shape index (κ3) is 7.88. The van der Waals surface area contributed by atoms with Gasteiger partial charge in [-0.2, -0.15) is 0 Å². The first-order chi connectivity index (χ1) is 7.97. The predicted molar refractivity (Wildman–Crippen MR) is 60.5 cm³/mol. The molecule has 4 amide bonds. The number of rotatable bonds is 7. The van der Waals surface area contributed by atoms with Crippen LogP contribution in [0.15, 0.2) is 0 Å². The molecule has 0 saturated heterocycles. The molecule has 0 aromatic heterocycles. The first-order valence-electron chi connectivity index (χ1n) is 5.27. The summed E-state index contributed by atoms with van der Waals surface area (Å²) < 4.78 is 0. The quantitative estimate of drug-likeness (QED) is 0.376. The molecule has 0 aliphatic carbocycles. The first kappa shape index (κ1) is 15.0. The standard InChI is InChI=1S/C9H18N4O4/c1-2-3-6(7(14)15)13-9(17)12-5-4-11-8(10)16/h6H,2-5H2,1H3,(H,14,15)(H3,10,11,16)(H2,12,13,17)/t6-/m0/s1. The van der Waals surface area contributed by atoms with Gasteiger partial charge in [0.2, 0.25) is 0 Å². The SMILES string of the molecule is CCC[C@H](NC(=O)NCCNC(N)=O)C(=O)O. The number of carboxylic acid groups (broad SMARTS) is 1. The molecule has 0 unspecified atom stereocenters. The number of hydrogen-bond donors (Lipinski definition) is 5. The van der Waals surface area contributed by atoms with Crippen molar-refractivity contribution in [3.8, 4) is 0 Å². The third-order valence-corrected chi connectivity index (χ3v) is 1.89. The van der Waals surface area contributed by atoms with Crippen LogP contribution in [-0.4, -0.2) is 42.3 Å². The van der Waals surface area contributed by atoms with Crippen LogP contribution >= 0.6 is 0 Å². The highest BCUT2D eigenvalue weighted by Gasteiger charge is 2.18. The van der Waals surface area contributed by atoms with Gasteiger partial charge in [0.25, 0.3) is 0 Å². The van der Waals surface area contributed by atoms with Crippen molar-refractivity contribution in [3.05, 3.63) is 0 Å². The number of nitrogens with two attached hydrogens (primary N) is 1. The first-order valence-corrected chi connectivity index (χ1v) is 5.27. The molecule has 0 aromatic carbocycles. The molecule has 98 valence electrons. The van der Waals surface area contributed by atoms with Crippen LogP contribution in [0.2, 0.25) is 0 Å². The summed E-state index contributed by atoms with van der Waals surface area (Å²) in [5.41, 5.74) is 4.81. The van der Waals surface area contributed by atoms with Crippen molar-refractivity contribution in [1.82, 2.24) is 16.0 Å². The molecular formula is C9H18N4O4. The lowest BCUT2D eigenvalue weighted by Gasteiger charge is -2.14. The van der Waals surface area contributed by atoms with Gasteiger partial charge in [-0.15, -0.1) is 0 Å². The van der Waals surface area contributed by atoms with E-state index in [0.29, 0.717) is 12.8 Å². The predicted octanol–water partition coefficient (Wildman–Crippen LogP) is -0.793. The van der Waals surface area contributed by atoms with Crippen molar-refractivity contribution in [2.24, 2.45) is 5.73 Å². The van der Waals surface area contributed by atoms with Gasteiger partial charge < -0.3 is 26.8 Å². The average Bonchev–Trinajstić information content (AvgIpc) is 2.23. The van der Waals surface area contributed by atoms with E-state index >= 15 is 0 Å². The van der Waals surface area contributed by atoms with E-state index in [4.69, 9.17) is 10.8 Å². The average molecular weight is 246 g/mol. The maximum atomic E-state index is 11.2. The third-order valence-electron chi connectivity index (χ3n) is 1.89. The Morgan fingerprint density at radius 1 is 1.24 bits per heavy atom. The minimum atomic E-state index is -1.07. The Kier molecular flexibility index (Phi) is 7.24. The molecule has 0 bridgehead atoms. The Morgan fingerprint density at radius 2 is 1.82 bits per heavy atom. The molecular weight excluding hydrogens is 228 g/mol. The number of amides is 4. The molecule has 0 heterocycles. The summed E-state index contributed by atoms with van der Waals surface area (Å²) in [4.78, 5) is 32.3. The van der Waals surface area contributed by atoms with Crippen LogP contribution in [0.25, 0.3) is 0 Å². The number of nitrogens with one attached hydrogen (secondary N) is 3. The molecule has 0 rings (SSSR count). The van der Waals surface area contributed by atoms with E-state index in [9.17, 15) is 14.4 Å². The van der Waals surface area contributed by atoms with Crippen LogP contribution in [0, 0.1) is 0 Å². The Balaban J connectivity index is 3.82. The van der Waals surface area contributed by atoms with E-state index in [1.165, 1.54) is 0 Å². The fourth-order valence-electron chi connectivity index (χ4n) is 1.12. The summed E-state index contributed by atoms with van der Waals surface area (Å²) in [5, 5.41) is 15.8. The van der Waals surface area contributed by atoms with Crippen LogP contribution in [0.1, 0.15) is 19.8 Å². The van der Waals surface area contributed by atoms with Crippen molar-refractivity contribution in [2.45, 2.75) is 25.8 Å². The van der Waals surface area contributed by atoms with Crippen LogP contribution < -0.4 is 21.7 Å². The van der Waals surface area contributed by atoms with Gasteiger partial charge in [-0.3, -0.25) is 0 Å². The summed E-state index contributed by atoms with van der Waals surface area (Å²) in [5.74, 6) is -1.07. The zero-order valence-electron chi connectivity index (χ0n) is 9.66. The lowest BCUT2D eigenvalue weighted by molar-refractivity contribution is -0.139. The largest absolute Gasteiger partial charge is 0.480 e. The summed E-state index contributed by atoms with van der Waals surface area (Å²) in [6.45, 7) is 2.19. The maximum Gasteiger partial charge on any atom is 0.326 e. The number of carbonyl (C=O) groups is 3. The lowest BCUT2D eigenvalue weighted by Crippen LogP contribution is -2.47. The molecule has 0 fully saturated rings. The fraction of sp³-hybridized carbons (Fsp3) is 0.667. The van der Waals surface area contributed by atoms with Crippen LogP contribution in [0.5, 0.6) is 0 Å². The Bertz CT molecular complexity index is 282. The minimum absolute atomic E-state index is 0.174. The number of hydrogen-bond acceptors (Lipinski definition) is 3. The fourth-order valence-corrected chi connectivity index (χ4v) is 1.12. The molecule has 0 spiro atoms. The van der Waals surface area contributed by atoms with E-state index in [2.05, 4.69) is 16.0 Å². The number of primary amides is 1. The van der Waals surface area contributed by atoms with Crippen molar-refractivity contribution in [2.75, 3.05) is 13.1 Å². The number of carbonyl (C=O) groups excluding carboxylic acids is 2. The highest BCUT2D eigenvalue weighted by Crippen LogP contribution is 1.96. The molecule has 6 N–H and O–H groups in total. The van der Waals surface area contributed by atoms with Gasteiger partial charge in [-0.1, -0.05) is 13.3 Å². The number of carboxylic acids is 1. The minimum Gasteiger partial charge on any atom is -0.480 e. The second-order valence-electron chi connectivity index (χ2n) is 3.37. The second kappa shape index (κ2) is 8.20. The number of aliphatic carboxylic acids is 1. The van der Waals surface area contributed by atoms with E-state index in [1.54, 1.807) is 0 Å². The maximum absolute atomic E-state index is 11.2. The number of urea groups is 2. The molecule has 17 heavy (non-hydrogen) atoms. The summed E-state index contributed by atoms with van der Waals surface area (Å²) in [6.07, 6.45) is 1.02. The van der Waals surface area contributed by atoms with Gasteiger partial charge >= 0.3 is 18.0 Å². The van der Waals surface area contributed by atoms with Crippen LogP contribution in [-0.2, 0) is 4.79 Å². The molecule has 0 aliphatic heterocycles. The summed E-state index contributed by atoms with van der Waals surface area (Å²) >= 11 is 0. The topological polar surface area (TPSA) is 134 Å². The van der Waals surface area contributed by atoms with E-state index in [1.807, 2.05) is 6.92 Å². The molecule has 0 aromatic rings. The molecule has 0 aliphatic rings. The van der Waals surface area contributed by atoms with Crippen LogP contribution in [0.3, 0.4) is 0 Å². The zero-order valence-corrected chi connectivity index (χ0v) is 9.66. The normalized spacial score (nSPS) is 11.4. The Labute approximate surface area is 98.9 Å². The van der Waals surface area contributed by atoms with Crippen molar-refractivity contribution in [3.63, 3.8) is 0 Å². The summed E-state index contributed by atoms with van der Waals surface area (Å²) in [7, 11) is 0.